The molecule has 1 amide bonds. The molecular formula is C16H26N4O3. The number of nitrogens with zero attached hydrogens (tertiary/aromatic N) is 4. The van der Waals surface area contributed by atoms with E-state index < -0.39 is 5.60 Å². The van der Waals surface area contributed by atoms with Crippen LogP contribution in [-0.4, -0.2) is 59.9 Å². The van der Waals surface area contributed by atoms with Crippen LogP contribution in [0.25, 0.3) is 0 Å². The Morgan fingerprint density at radius 3 is 2.52 bits per heavy atom. The molecule has 128 valence electrons. The molecule has 23 heavy (non-hydrogen) atoms. The molecule has 0 radical (unpaired) electrons. The predicted octanol–water partition coefficient (Wildman–Crippen LogP) is 2.32. The monoisotopic (exact) mass is 322 g/mol. The van der Waals surface area contributed by atoms with E-state index in [-0.39, 0.29) is 6.09 Å². The number of carbonyl (C=O) groups is 1. The van der Waals surface area contributed by atoms with Crippen molar-refractivity contribution in [1.82, 2.24) is 14.9 Å². The van der Waals surface area contributed by atoms with Crippen molar-refractivity contribution in [1.29, 1.82) is 0 Å². The summed E-state index contributed by atoms with van der Waals surface area (Å²) in [6.45, 7) is 7.02. The van der Waals surface area contributed by atoms with Gasteiger partial charge in [-0.2, -0.15) is 0 Å². The third-order valence-corrected chi connectivity index (χ3v) is 3.86. The molecule has 0 N–H and O–H groups in total. The van der Waals surface area contributed by atoms with Gasteiger partial charge in [0.1, 0.15) is 17.7 Å². The minimum absolute atomic E-state index is 0.234. The molecule has 7 heteroatoms. The number of hydrogen-bond acceptors (Lipinski definition) is 6. The van der Waals surface area contributed by atoms with Gasteiger partial charge in [0.05, 0.1) is 7.11 Å². The summed E-state index contributed by atoms with van der Waals surface area (Å²) in [7, 11) is 3.60. The number of anilines is 1. The lowest BCUT2D eigenvalue weighted by Gasteiger charge is -2.37. The molecule has 1 aliphatic rings. The maximum atomic E-state index is 12.1. The standard InChI is InChI=1S/C16H26N4O3/c1-16(2,3)23-15(21)20-8-6-12(7-9-20)19(4)13-10-14(22-5)18-11-17-13/h10-12H,6-9H2,1-5H3. The van der Waals surface area contributed by atoms with E-state index >= 15 is 0 Å². The van der Waals surface area contributed by atoms with E-state index in [4.69, 9.17) is 9.47 Å². The van der Waals surface area contributed by atoms with Crippen molar-refractivity contribution in [3.8, 4) is 5.88 Å². The van der Waals surface area contributed by atoms with Gasteiger partial charge in [-0.25, -0.2) is 14.8 Å². The number of aromatic nitrogens is 2. The molecule has 0 spiro atoms. The van der Waals surface area contributed by atoms with Gasteiger partial charge in [0.2, 0.25) is 5.88 Å². The Hall–Kier alpha value is -2.05. The van der Waals surface area contributed by atoms with E-state index in [9.17, 15) is 4.79 Å². The maximum Gasteiger partial charge on any atom is 0.410 e. The maximum absolute atomic E-state index is 12.1. The first-order chi connectivity index (χ1) is 10.8. The molecule has 0 aliphatic carbocycles. The van der Waals surface area contributed by atoms with E-state index in [0.717, 1.165) is 18.7 Å². The zero-order valence-corrected chi connectivity index (χ0v) is 14.6. The minimum atomic E-state index is -0.456. The molecule has 0 aromatic carbocycles. The number of hydrogen-bond donors (Lipinski definition) is 0. The van der Waals surface area contributed by atoms with Gasteiger partial charge in [-0.05, 0) is 33.6 Å². The first-order valence-corrected chi connectivity index (χ1v) is 7.87. The highest BCUT2D eigenvalue weighted by molar-refractivity contribution is 5.68. The Morgan fingerprint density at radius 1 is 1.30 bits per heavy atom. The van der Waals surface area contributed by atoms with Crippen molar-refractivity contribution in [3.63, 3.8) is 0 Å². The Kier molecular flexibility index (Phi) is 5.28. The van der Waals surface area contributed by atoms with Gasteiger partial charge in [0, 0.05) is 32.2 Å². The Morgan fingerprint density at radius 2 is 1.96 bits per heavy atom. The van der Waals surface area contributed by atoms with Crippen molar-refractivity contribution in [2.45, 2.75) is 45.3 Å². The summed E-state index contributed by atoms with van der Waals surface area (Å²) in [4.78, 5) is 24.3. The first-order valence-electron chi connectivity index (χ1n) is 7.87. The number of amides is 1. The van der Waals surface area contributed by atoms with E-state index in [1.54, 1.807) is 12.0 Å². The summed E-state index contributed by atoms with van der Waals surface area (Å²) >= 11 is 0. The molecular weight excluding hydrogens is 296 g/mol. The SMILES string of the molecule is COc1cc(N(C)C2CCN(C(=O)OC(C)(C)C)CC2)ncn1. The van der Waals surface area contributed by atoms with Crippen LogP contribution in [0.3, 0.4) is 0 Å². The second-order valence-corrected chi connectivity index (χ2v) is 6.73. The molecule has 1 aliphatic heterocycles. The quantitative estimate of drug-likeness (QED) is 0.851. The summed E-state index contributed by atoms with van der Waals surface area (Å²) in [5.74, 6) is 1.38. The van der Waals surface area contributed by atoms with Gasteiger partial charge >= 0.3 is 6.09 Å². The van der Waals surface area contributed by atoms with Crippen molar-refractivity contribution in [2.24, 2.45) is 0 Å². The highest BCUT2D eigenvalue weighted by Crippen LogP contribution is 2.23. The van der Waals surface area contributed by atoms with Gasteiger partial charge in [0.15, 0.2) is 0 Å². The van der Waals surface area contributed by atoms with E-state index in [2.05, 4.69) is 14.9 Å². The van der Waals surface area contributed by atoms with Crippen LogP contribution in [-0.2, 0) is 4.74 Å². The largest absolute Gasteiger partial charge is 0.481 e. The van der Waals surface area contributed by atoms with Crippen LogP contribution in [0.4, 0.5) is 10.6 Å². The molecule has 1 fully saturated rings. The van der Waals surface area contributed by atoms with Crippen LogP contribution < -0.4 is 9.64 Å². The number of likely N-dealkylation sites (tertiary alicyclic amines) is 1. The lowest BCUT2D eigenvalue weighted by Crippen LogP contribution is -2.47. The van der Waals surface area contributed by atoms with Gasteiger partial charge in [0.25, 0.3) is 0 Å². The summed E-state index contributed by atoms with van der Waals surface area (Å²) in [5, 5.41) is 0. The third-order valence-electron chi connectivity index (χ3n) is 3.86. The molecule has 7 nitrogen and oxygen atoms in total. The summed E-state index contributed by atoms with van der Waals surface area (Å²) in [6.07, 6.45) is 3.02. The van der Waals surface area contributed by atoms with Gasteiger partial charge < -0.3 is 19.3 Å². The molecule has 0 saturated carbocycles. The number of carbonyl (C=O) groups excluding carboxylic acids is 1. The minimum Gasteiger partial charge on any atom is -0.481 e. The molecule has 0 unspecified atom stereocenters. The van der Waals surface area contributed by atoms with E-state index in [1.807, 2.05) is 33.9 Å². The highest BCUT2D eigenvalue weighted by atomic mass is 16.6. The van der Waals surface area contributed by atoms with Crippen molar-refractivity contribution < 1.29 is 14.3 Å². The lowest BCUT2D eigenvalue weighted by atomic mass is 10.0. The number of piperidine rings is 1. The fraction of sp³-hybridized carbons (Fsp3) is 0.688. The normalized spacial score (nSPS) is 16.1. The van der Waals surface area contributed by atoms with E-state index in [0.29, 0.717) is 25.0 Å². The smallest absolute Gasteiger partial charge is 0.410 e. The van der Waals surface area contributed by atoms with Crippen LogP contribution in [0, 0.1) is 0 Å². The number of methoxy groups -OCH3 is 1. The summed E-state index contributed by atoms with van der Waals surface area (Å²) in [5.41, 5.74) is -0.456. The molecule has 1 aromatic rings. The number of rotatable bonds is 3. The van der Waals surface area contributed by atoms with Crippen LogP contribution in [0.2, 0.25) is 0 Å². The van der Waals surface area contributed by atoms with E-state index in [1.165, 1.54) is 6.33 Å². The molecule has 1 aromatic heterocycles. The molecule has 1 saturated heterocycles. The van der Waals surface area contributed by atoms with Crippen LogP contribution >= 0.6 is 0 Å². The highest BCUT2D eigenvalue weighted by Gasteiger charge is 2.28. The zero-order valence-electron chi connectivity index (χ0n) is 14.6. The van der Waals surface area contributed by atoms with Crippen molar-refractivity contribution in [3.05, 3.63) is 12.4 Å². The lowest BCUT2D eigenvalue weighted by molar-refractivity contribution is 0.0205. The molecule has 2 rings (SSSR count). The molecule has 0 bridgehead atoms. The summed E-state index contributed by atoms with van der Waals surface area (Å²) < 4.78 is 10.6. The Labute approximate surface area is 137 Å². The Bertz CT molecular complexity index is 536. The molecule has 2 heterocycles. The summed E-state index contributed by atoms with van der Waals surface area (Å²) in [6, 6.07) is 2.15. The zero-order chi connectivity index (χ0) is 17.0. The molecule has 0 atom stereocenters. The fourth-order valence-electron chi connectivity index (χ4n) is 2.58. The first kappa shape index (κ1) is 17.3. The second kappa shape index (κ2) is 7.02. The average Bonchev–Trinajstić information content (AvgIpc) is 2.53. The van der Waals surface area contributed by atoms with Crippen molar-refractivity contribution >= 4 is 11.9 Å². The second-order valence-electron chi connectivity index (χ2n) is 6.73. The fourth-order valence-corrected chi connectivity index (χ4v) is 2.58. The van der Waals surface area contributed by atoms with Crippen LogP contribution in [0.1, 0.15) is 33.6 Å². The van der Waals surface area contributed by atoms with Crippen LogP contribution in [0.15, 0.2) is 12.4 Å². The predicted molar refractivity (Wildman–Crippen MR) is 87.8 cm³/mol. The van der Waals surface area contributed by atoms with Gasteiger partial charge in [-0.3, -0.25) is 0 Å². The van der Waals surface area contributed by atoms with Crippen LogP contribution in [0.5, 0.6) is 5.88 Å². The Balaban J connectivity index is 1.92. The average molecular weight is 322 g/mol. The third kappa shape index (κ3) is 4.71. The topological polar surface area (TPSA) is 67.8 Å². The number of ether oxygens (including phenoxy) is 2. The van der Waals surface area contributed by atoms with Gasteiger partial charge in [-0.1, -0.05) is 0 Å². The van der Waals surface area contributed by atoms with Gasteiger partial charge in [-0.15, -0.1) is 0 Å². The van der Waals surface area contributed by atoms with Crippen molar-refractivity contribution in [2.75, 3.05) is 32.1 Å².